The molecule has 33 heavy (non-hydrogen) atoms. The number of rotatable bonds is 6. The number of ether oxygens (including phenoxy) is 1. The van der Waals surface area contributed by atoms with Crippen molar-refractivity contribution in [3.8, 4) is 5.69 Å². The van der Waals surface area contributed by atoms with E-state index in [1.807, 2.05) is 42.7 Å². The lowest BCUT2D eigenvalue weighted by atomic mass is 9.97. The van der Waals surface area contributed by atoms with E-state index in [-0.39, 0.29) is 12.1 Å². The number of methoxy groups -OCH3 is 1. The summed E-state index contributed by atoms with van der Waals surface area (Å²) in [6.07, 6.45) is -2.67. The monoisotopic (exact) mass is 474 g/mol. The van der Waals surface area contributed by atoms with Gasteiger partial charge in [-0.05, 0) is 68.0 Å². The third-order valence-corrected chi connectivity index (χ3v) is 6.31. The van der Waals surface area contributed by atoms with Crippen LogP contribution in [0.3, 0.4) is 0 Å². The fourth-order valence-corrected chi connectivity index (χ4v) is 4.81. The SMILES string of the molecule is COCCN1C(=S)NC(c2ccccn2)C1c1cc(C)n(-c2cccc(C(F)(F)F)c2)c1C. The Balaban J connectivity index is 1.81. The van der Waals surface area contributed by atoms with Crippen molar-refractivity contribution in [3.63, 3.8) is 0 Å². The minimum Gasteiger partial charge on any atom is -0.383 e. The van der Waals surface area contributed by atoms with E-state index in [4.69, 9.17) is 17.0 Å². The zero-order valence-electron chi connectivity index (χ0n) is 18.6. The Morgan fingerprint density at radius 2 is 1.91 bits per heavy atom. The van der Waals surface area contributed by atoms with E-state index in [0.717, 1.165) is 28.7 Å². The first-order chi connectivity index (χ1) is 15.7. The van der Waals surface area contributed by atoms with Crippen molar-refractivity contribution in [1.29, 1.82) is 0 Å². The lowest BCUT2D eigenvalue weighted by molar-refractivity contribution is -0.137. The molecule has 1 saturated heterocycles. The third-order valence-electron chi connectivity index (χ3n) is 5.95. The van der Waals surface area contributed by atoms with Gasteiger partial charge < -0.3 is 19.5 Å². The number of nitrogens with one attached hydrogen (secondary N) is 1. The van der Waals surface area contributed by atoms with Gasteiger partial charge in [0.1, 0.15) is 0 Å². The molecule has 0 aliphatic carbocycles. The third kappa shape index (κ3) is 4.47. The topological polar surface area (TPSA) is 42.3 Å². The molecule has 9 heteroatoms. The van der Waals surface area contributed by atoms with Crippen molar-refractivity contribution in [1.82, 2.24) is 19.8 Å². The maximum atomic E-state index is 13.3. The Morgan fingerprint density at radius 1 is 1.12 bits per heavy atom. The first kappa shape index (κ1) is 23.3. The number of halogens is 3. The fraction of sp³-hybridized carbons (Fsp3) is 0.333. The van der Waals surface area contributed by atoms with Gasteiger partial charge in [0.05, 0.1) is 29.9 Å². The molecule has 2 unspecified atom stereocenters. The zero-order valence-corrected chi connectivity index (χ0v) is 19.4. The van der Waals surface area contributed by atoms with Gasteiger partial charge in [-0.1, -0.05) is 12.1 Å². The van der Waals surface area contributed by atoms with Crippen LogP contribution in [0.4, 0.5) is 13.2 Å². The predicted molar refractivity (Wildman–Crippen MR) is 124 cm³/mol. The molecule has 0 saturated carbocycles. The van der Waals surface area contributed by atoms with Crippen LogP contribution in [-0.2, 0) is 10.9 Å². The molecular weight excluding hydrogens is 449 g/mol. The van der Waals surface area contributed by atoms with Crippen molar-refractivity contribution < 1.29 is 17.9 Å². The summed E-state index contributed by atoms with van der Waals surface area (Å²) in [6.45, 7) is 4.88. The van der Waals surface area contributed by atoms with Gasteiger partial charge in [0.15, 0.2) is 5.11 Å². The zero-order chi connectivity index (χ0) is 23.8. The highest BCUT2D eigenvalue weighted by atomic mass is 32.1. The normalized spacial score (nSPS) is 18.6. The van der Waals surface area contributed by atoms with Crippen LogP contribution in [0.5, 0.6) is 0 Å². The van der Waals surface area contributed by atoms with Crippen molar-refractivity contribution in [2.75, 3.05) is 20.3 Å². The summed E-state index contributed by atoms with van der Waals surface area (Å²) >= 11 is 5.64. The molecule has 1 fully saturated rings. The lowest BCUT2D eigenvalue weighted by Crippen LogP contribution is -2.32. The molecule has 3 aromatic rings. The van der Waals surface area contributed by atoms with Crippen molar-refractivity contribution in [2.45, 2.75) is 32.1 Å². The van der Waals surface area contributed by atoms with Crippen LogP contribution in [0.25, 0.3) is 5.69 Å². The first-order valence-corrected chi connectivity index (χ1v) is 11.0. The molecule has 3 heterocycles. The lowest BCUT2D eigenvalue weighted by Gasteiger charge is -2.28. The second-order valence-electron chi connectivity index (χ2n) is 8.02. The number of nitrogens with zero attached hydrogens (tertiary/aromatic N) is 3. The van der Waals surface area contributed by atoms with Crippen LogP contribution in [0.2, 0.25) is 0 Å². The van der Waals surface area contributed by atoms with Gasteiger partial charge in [-0.15, -0.1) is 0 Å². The van der Waals surface area contributed by atoms with Crippen LogP contribution >= 0.6 is 12.2 Å². The fourth-order valence-electron chi connectivity index (χ4n) is 4.48. The van der Waals surface area contributed by atoms with Crippen LogP contribution in [0.1, 0.15) is 40.3 Å². The molecule has 1 aliphatic heterocycles. The number of benzene rings is 1. The van der Waals surface area contributed by atoms with E-state index in [9.17, 15) is 13.2 Å². The highest BCUT2D eigenvalue weighted by Crippen LogP contribution is 2.41. The number of alkyl halides is 3. The van der Waals surface area contributed by atoms with Gasteiger partial charge in [0.25, 0.3) is 0 Å². The van der Waals surface area contributed by atoms with E-state index in [1.54, 1.807) is 19.4 Å². The Kier molecular flexibility index (Phi) is 6.45. The summed E-state index contributed by atoms with van der Waals surface area (Å²) in [4.78, 5) is 6.60. The standard InChI is InChI=1S/C24H25F3N4OS/c1-15-13-19(16(2)31(15)18-8-6-7-17(14-18)24(25,26)27)22-21(20-9-4-5-10-28-20)29-23(33)30(22)11-12-32-3/h4-10,13-14,21-22H,11-12H2,1-3H3,(H,29,33). The molecule has 2 aromatic heterocycles. The molecule has 5 nitrogen and oxygen atoms in total. The Labute approximate surface area is 196 Å². The molecule has 4 rings (SSSR count). The van der Waals surface area contributed by atoms with E-state index in [1.165, 1.54) is 12.1 Å². The van der Waals surface area contributed by atoms with Gasteiger partial charge in [-0.25, -0.2) is 0 Å². The predicted octanol–water partition coefficient (Wildman–Crippen LogP) is 5.13. The number of aromatic nitrogens is 2. The molecule has 1 N–H and O–H groups in total. The summed E-state index contributed by atoms with van der Waals surface area (Å²) in [5, 5.41) is 3.98. The number of hydrogen-bond donors (Lipinski definition) is 1. The summed E-state index contributed by atoms with van der Waals surface area (Å²) in [6, 6.07) is 12.7. The van der Waals surface area contributed by atoms with Gasteiger partial charge in [-0.3, -0.25) is 4.98 Å². The molecule has 1 aromatic carbocycles. The molecular formula is C24H25F3N4OS. The minimum atomic E-state index is -4.41. The molecule has 0 bridgehead atoms. The first-order valence-electron chi connectivity index (χ1n) is 10.6. The molecule has 0 spiro atoms. The average molecular weight is 475 g/mol. The Hall–Kier alpha value is -2.91. The number of pyridine rings is 1. The van der Waals surface area contributed by atoms with Crippen LogP contribution in [0.15, 0.2) is 54.7 Å². The van der Waals surface area contributed by atoms with E-state index >= 15 is 0 Å². The average Bonchev–Trinajstić information content (AvgIpc) is 3.27. The number of hydrogen-bond acceptors (Lipinski definition) is 3. The molecule has 2 atom stereocenters. The van der Waals surface area contributed by atoms with Gasteiger partial charge >= 0.3 is 6.18 Å². The highest BCUT2D eigenvalue weighted by Gasteiger charge is 2.41. The Bertz CT molecular complexity index is 1150. The molecule has 0 amide bonds. The smallest absolute Gasteiger partial charge is 0.383 e. The summed E-state index contributed by atoms with van der Waals surface area (Å²) in [5.74, 6) is 0. The number of thiocarbonyl (C=S) groups is 1. The van der Waals surface area contributed by atoms with E-state index in [0.29, 0.717) is 24.0 Å². The van der Waals surface area contributed by atoms with Gasteiger partial charge in [-0.2, -0.15) is 13.2 Å². The van der Waals surface area contributed by atoms with E-state index < -0.39 is 11.7 Å². The Morgan fingerprint density at radius 3 is 2.58 bits per heavy atom. The number of aryl methyl sites for hydroxylation is 1. The van der Waals surface area contributed by atoms with Crippen molar-refractivity contribution >= 4 is 17.3 Å². The second kappa shape index (κ2) is 9.15. The maximum Gasteiger partial charge on any atom is 0.416 e. The minimum absolute atomic E-state index is 0.187. The molecule has 0 radical (unpaired) electrons. The van der Waals surface area contributed by atoms with Crippen molar-refractivity contribution in [2.24, 2.45) is 0 Å². The maximum absolute atomic E-state index is 13.3. The van der Waals surface area contributed by atoms with Crippen LogP contribution < -0.4 is 5.32 Å². The van der Waals surface area contributed by atoms with Crippen LogP contribution in [-0.4, -0.2) is 39.8 Å². The van der Waals surface area contributed by atoms with Gasteiger partial charge in [0.2, 0.25) is 0 Å². The van der Waals surface area contributed by atoms with Crippen molar-refractivity contribution in [3.05, 3.63) is 82.9 Å². The summed E-state index contributed by atoms with van der Waals surface area (Å²) < 4.78 is 47.1. The van der Waals surface area contributed by atoms with E-state index in [2.05, 4.69) is 15.2 Å². The summed E-state index contributed by atoms with van der Waals surface area (Å²) in [7, 11) is 1.64. The van der Waals surface area contributed by atoms with Gasteiger partial charge in [0, 0.05) is 36.9 Å². The largest absolute Gasteiger partial charge is 0.416 e. The highest BCUT2D eigenvalue weighted by molar-refractivity contribution is 7.80. The quantitative estimate of drug-likeness (QED) is 0.502. The van der Waals surface area contributed by atoms with Crippen LogP contribution in [0, 0.1) is 13.8 Å². The summed E-state index contributed by atoms with van der Waals surface area (Å²) in [5.41, 5.74) is 3.30. The molecule has 1 aliphatic rings. The second-order valence-corrected chi connectivity index (χ2v) is 8.41. The molecule has 174 valence electrons.